The maximum atomic E-state index is 14.2. The van der Waals surface area contributed by atoms with Crippen molar-refractivity contribution in [2.45, 2.75) is 27.2 Å². The first-order valence-electron chi connectivity index (χ1n) is 9.79. The molecule has 30 heavy (non-hydrogen) atoms. The first-order valence-corrected chi connectivity index (χ1v) is 9.79. The van der Waals surface area contributed by atoms with E-state index in [1.54, 1.807) is 13.0 Å². The van der Waals surface area contributed by atoms with Gasteiger partial charge >= 0.3 is 0 Å². The monoisotopic (exact) mass is 408 g/mol. The van der Waals surface area contributed by atoms with Crippen molar-refractivity contribution in [2.24, 2.45) is 12.2 Å². The van der Waals surface area contributed by atoms with Crippen LogP contribution in [0.3, 0.4) is 0 Å². The third-order valence-corrected chi connectivity index (χ3v) is 4.67. The van der Waals surface area contributed by atoms with Gasteiger partial charge in [-0.05, 0) is 37.5 Å². The van der Waals surface area contributed by atoms with Gasteiger partial charge in [0.15, 0.2) is 0 Å². The standard InChI is InChI=1S/C23H25FN4O2/c1-5-14-30-27-15(2)17-10-12-18(13-11-17)19-8-6-7-9-20(19)25-23(29)21-16(3)26-28(4)22(21)24/h6-13H,5,14H2,1-4H3,(H,25,29). The van der Waals surface area contributed by atoms with Gasteiger partial charge in [0.2, 0.25) is 5.95 Å². The molecule has 0 atom stereocenters. The average molecular weight is 408 g/mol. The predicted octanol–water partition coefficient (Wildman–Crippen LogP) is 4.94. The number of amides is 1. The van der Waals surface area contributed by atoms with Crippen molar-refractivity contribution in [3.8, 4) is 11.1 Å². The molecule has 0 saturated carbocycles. The van der Waals surface area contributed by atoms with Gasteiger partial charge in [-0.1, -0.05) is 54.5 Å². The summed E-state index contributed by atoms with van der Waals surface area (Å²) in [4.78, 5) is 17.9. The summed E-state index contributed by atoms with van der Waals surface area (Å²) in [5.74, 6) is -1.19. The number of nitrogens with one attached hydrogen (secondary N) is 1. The number of benzene rings is 2. The quantitative estimate of drug-likeness (QED) is 0.342. The molecule has 1 aromatic heterocycles. The second kappa shape index (κ2) is 9.35. The lowest BCUT2D eigenvalue weighted by Crippen LogP contribution is -2.15. The number of nitrogens with zero attached hydrogens (tertiary/aromatic N) is 3. The highest BCUT2D eigenvalue weighted by atomic mass is 19.1. The highest BCUT2D eigenvalue weighted by molar-refractivity contribution is 6.07. The first kappa shape index (κ1) is 21.2. The van der Waals surface area contributed by atoms with Crippen LogP contribution in [0.4, 0.5) is 10.1 Å². The molecule has 0 fully saturated rings. The molecule has 0 radical (unpaired) electrons. The summed E-state index contributed by atoms with van der Waals surface area (Å²) in [6, 6.07) is 15.2. The summed E-state index contributed by atoms with van der Waals surface area (Å²) in [7, 11) is 1.47. The maximum Gasteiger partial charge on any atom is 0.262 e. The Balaban J connectivity index is 1.85. The molecule has 1 heterocycles. The molecule has 2 aromatic carbocycles. The molecule has 3 aromatic rings. The largest absolute Gasteiger partial charge is 0.396 e. The average Bonchev–Trinajstić information content (AvgIpc) is 3.00. The van der Waals surface area contributed by atoms with Gasteiger partial charge in [0.1, 0.15) is 12.2 Å². The summed E-state index contributed by atoms with van der Waals surface area (Å²) < 4.78 is 15.3. The Hall–Kier alpha value is -3.48. The number of aromatic nitrogens is 2. The summed E-state index contributed by atoms with van der Waals surface area (Å²) in [5.41, 5.74) is 4.37. The zero-order valence-corrected chi connectivity index (χ0v) is 17.6. The Bertz CT molecular complexity index is 1070. The minimum absolute atomic E-state index is 0.0541. The van der Waals surface area contributed by atoms with E-state index < -0.39 is 11.9 Å². The number of carbonyl (C=O) groups is 1. The second-order valence-corrected chi connectivity index (χ2v) is 6.96. The number of hydrogen-bond donors (Lipinski definition) is 1. The number of hydrogen-bond acceptors (Lipinski definition) is 4. The van der Waals surface area contributed by atoms with Gasteiger partial charge in [-0.3, -0.25) is 4.79 Å². The van der Waals surface area contributed by atoms with Crippen molar-refractivity contribution in [1.82, 2.24) is 9.78 Å². The zero-order valence-electron chi connectivity index (χ0n) is 17.6. The highest BCUT2D eigenvalue weighted by Crippen LogP contribution is 2.29. The molecule has 0 aliphatic rings. The number of anilines is 1. The summed E-state index contributed by atoms with van der Waals surface area (Å²) in [6.45, 7) is 6.11. The maximum absolute atomic E-state index is 14.2. The molecular formula is C23H25FN4O2. The number of oxime groups is 1. The lowest BCUT2D eigenvalue weighted by molar-refractivity contribution is 0.102. The Morgan fingerprint density at radius 3 is 2.53 bits per heavy atom. The number of para-hydroxylation sites is 1. The van der Waals surface area contributed by atoms with E-state index in [1.165, 1.54) is 7.05 Å². The van der Waals surface area contributed by atoms with Crippen LogP contribution >= 0.6 is 0 Å². The first-order chi connectivity index (χ1) is 14.4. The van der Waals surface area contributed by atoms with E-state index in [0.29, 0.717) is 18.0 Å². The van der Waals surface area contributed by atoms with Crippen molar-refractivity contribution in [1.29, 1.82) is 0 Å². The van der Waals surface area contributed by atoms with Crippen LogP contribution in [0.1, 0.15) is 41.9 Å². The number of rotatable bonds is 7. The van der Waals surface area contributed by atoms with Gasteiger partial charge in [0, 0.05) is 18.3 Å². The molecule has 1 amide bonds. The van der Waals surface area contributed by atoms with E-state index in [4.69, 9.17) is 4.84 Å². The van der Waals surface area contributed by atoms with Crippen LogP contribution in [-0.4, -0.2) is 28.0 Å². The molecule has 6 nitrogen and oxygen atoms in total. The van der Waals surface area contributed by atoms with E-state index in [1.807, 2.05) is 56.3 Å². The molecular weight excluding hydrogens is 383 g/mol. The Labute approximate surface area is 175 Å². The van der Waals surface area contributed by atoms with Crippen molar-refractivity contribution in [2.75, 3.05) is 11.9 Å². The third-order valence-electron chi connectivity index (χ3n) is 4.67. The van der Waals surface area contributed by atoms with Crippen molar-refractivity contribution >= 4 is 17.3 Å². The van der Waals surface area contributed by atoms with Crippen LogP contribution in [-0.2, 0) is 11.9 Å². The van der Waals surface area contributed by atoms with Crippen LogP contribution in [0.25, 0.3) is 11.1 Å². The van der Waals surface area contributed by atoms with Gasteiger partial charge in [0.25, 0.3) is 5.91 Å². The van der Waals surface area contributed by atoms with Gasteiger partial charge in [-0.15, -0.1) is 0 Å². The second-order valence-electron chi connectivity index (χ2n) is 6.96. The SMILES string of the molecule is CCCON=C(C)c1ccc(-c2ccccc2NC(=O)c2c(C)nn(C)c2F)cc1. The van der Waals surface area contributed by atoms with Gasteiger partial charge in [-0.25, -0.2) is 4.68 Å². The third kappa shape index (κ3) is 4.56. The van der Waals surface area contributed by atoms with Crippen LogP contribution in [0, 0.1) is 12.9 Å². The van der Waals surface area contributed by atoms with Crippen molar-refractivity contribution in [3.63, 3.8) is 0 Å². The number of aryl methyl sites for hydroxylation is 2. The van der Waals surface area contributed by atoms with Gasteiger partial charge in [0.05, 0.1) is 11.4 Å². The van der Waals surface area contributed by atoms with Crippen LogP contribution in [0.2, 0.25) is 0 Å². The Kier molecular flexibility index (Phi) is 6.61. The Morgan fingerprint density at radius 2 is 1.90 bits per heavy atom. The summed E-state index contributed by atoms with van der Waals surface area (Å²) in [5, 5.41) is 10.9. The molecule has 0 unspecified atom stereocenters. The van der Waals surface area contributed by atoms with Gasteiger partial charge in [-0.2, -0.15) is 9.49 Å². The van der Waals surface area contributed by atoms with E-state index in [0.717, 1.165) is 33.5 Å². The number of carbonyl (C=O) groups excluding carboxylic acids is 1. The van der Waals surface area contributed by atoms with Gasteiger partial charge < -0.3 is 10.2 Å². The fourth-order valence-corrected chi connectivity index (χ4v) is 3.09. The fourth-order valence-electron chi connectivity index (χ4n) is 3.09. The minimum Gasteiger partial charge on any atom is -0.396 e. The van der Waals surface area contributed by atoms with Crippen LogP contribution < -0.4 is 5.32 Å². The predicted molar refractivity (Wildman–Crippen MR) is 116 cm³/mol. The molecule has 156 valence electrons. The molecule has 3 rings (SSSR count). The molecule has 0 spiro atoms. The number of halogens is 1. The van der Waals surface area contributed by atoms with E-state index in [-0.39, 0.29) is 5.56 Å². The van der Waals surface area contributed by atoms with Crippen LogP contribution in [0.15, 0.2) is 53.7 Å². The molecule has 0 saturated heterocycles. The van der Waals surface area contributed by atoms with Crippen molar-refractivity contribution in [3.05, 3.63) is 71.3 Å². The topological polar surface area (TPSA) is 68.5 Å². The zero-order chi connectivity index (χ0) is 21.7. The van der Waals surface area contributed by atoms with E-state index >= 15 is 0 Å². The molecule has 7 heteroatoms. The molecule has 0 aliphatic carbocycles. The highest BCUT2D eigenvalue weighted by Gasteiger charge is 2.21. The molecule has 1 N–H and O–H groups in total. The minimum atomic E-state index is -0.660. The Morgan fingerprint density at radius 1 is 1.20 bits per heavy atom. The van der Waals surface area contributed by atoms with Crippen molar-refractivity contribution < 1.29 is 14.0 Å². The molecule has 0 aliphatic heterocycles. The fraction of sp³-hybridized carbons (Fsp3) is 0.261. The summed E-state index contributed by atoms with van der Waals surface area (Å²) in [6.07, 6.45) is 0.903. The normalized spacial score (nSPS) is 11.4. The van der Waals surface area contributed by atoms with Crippen LogP contribution in [0.5, 0.6) is 0 Å². The lowest BCUT2D eigenvalue weighted by Gasteiger charge is -2.12. The van der Waals surface area contributed by atoms with E-state index in [2.05, 4.69) is 15.6 Å². The molecule has 0 bridgehead atoms. The summed E-state index contributed by atoms with van der Waals surface area (Å²) >= 11 is 0. The lowest BCUT2D eigenvalue weighted by atomic mass is 10.0. The van der Waals surface area contributed by atoms with E-state index in [9.17, 15) is 9.18 Å². The smallest absolute Gasteiger partial charge is 0.262 e.